The highest BCUT2D eigenvalue weighted by molar-refractivity contribution is 5.79. The molecule has 0 aliphatic heterocycles. The summed E-state index contributed by atoms with van der Waals surface area (Å²) in [6.45, 7) is 0. The monoisotopic (exact) mass is 167 g/mol. The van der Waals surface area contributed by atoms with Gasteiger partial charge in [-0.15, -0.1) is 0 Å². The third-order valence-electron chi connectivity index (χ3n) is 1.74. The minimum absolute atomic E-state index is 0.205. The molecule has 1 aliphatic carbocycles. The van der Waals surface area contributed by atoms with Crippen molar-refractivity contribution in [1.29, 1.82) is 0 Å². The number of aromatic nitrogens is 1. The van der Waals surface area contributed by atoms with E-state index in [1.807, 2.05) is 5.32 Å². The number of nitrogens with zero attached hydrogens (tertiary/aromatic N) is 1. The highest BCUT2D eigenvalue weighted by Gasteiger charge is 2.27. The molecule has 0 saturated heterocycles. The lowest BCUT2D eigenvalue weighted by molar-refractivity contribution is -0.242. The summed E-state index contributed by atoms with van der Waals surface area (Å²) in [5.41, 5.74) is 0. The largest absolute Gasteiger partial charge is 0.530 e. The number of hydrogen-bond donors (Lipinski definition) is 1. The van der Waals surface area contributed by atoms with Crippen LogP contribution in [0, 0.1) is 0 Å². The normalized spacial score (nSPS) is 16.0. The molecule has 0 atom stereocenters. The first kappa shape index (κ1) is 7.15. The summed E-state index contributed by atoms with van der Waals surface area (Å²) in [7, 11) is 0. The fourth-order valence-electron chi connectivity index (χ4n) is 1.01. The topological polar surface area (TPSA) is 78.2 Å². The molecule has 1 heterocycles. The number of nitrogens with one attached hydrogen (secondary N) is 1. The second-order valence-corrected chi connectivity index (χ2v) is 2.80. The zero-order chi connectivity index (χ0) is 8.55. The second kappa shape index (κ2) is 2.51. The van der Waals surface area contributed by atoms with Crippen LogP contribution in [0.2, 0.25) is 0 Å². The molecule has 1 aromatic rings. The molecule has 0 bridgehead atoms. The Morgan fingerprint density at radius 2 is 2.50 bits per heavy atom. The van der Waals surface area contributed by atoms with Crippen LogP contribution >= 0.6 is 0 Å². The van der Waals surface area contributed by atoms with Crippen LogP contribution < -0.4 is 10.4 Å². The Hall–Kier alpha value is -1.52. The molecule has 2 rings (SSSR count). The van der Waals surface area contributed by atoms with Crippen molar-refractivity contribution in [3.05, 3.63) is 11.8 Å². The molecule has 12 heavy (non-hydrogen) atoms. The van der Waals surface area contributed by atoms with Gasteiger partial charge in [0, 0.05) is 12.0 Å². The van der Waals surface area contributed by atoms with E-state index < -0.39 is 6.09 Å². The molecular weight excluding hydrogens is 160 g/mol. The summed E-state index contributed by atoms with van der Waals surface area (Å²) in [5.74, 6) is 1.39. The third kappa shape index (κ3) is 1.39. The average Bonchev–Trinajstić information content (AvgIpc) is 2.73. The van der Waals surface area contributed by atoms with E-state index >= 15 is 0 Å². The van der Waals surface area contributed by atoms with Crippen molar-refractivity contribution in [2.75, 3.05) is 5.32 Å². The van der Waals surface area contributed by atoms with Crippen LogP contribution in [0.25, 0.3) is 0 Å². The predicted octanol–water partition coefficient (Wildman–Crippen LogP) is 0.307. The van der Waals surface area contributed by atoms with Gasteiger partial charge in [-0.2, -0.15) is 0 Å². The summed E-state index contributed by atoms with van der Waals surface area (Å²) < 4.78 is 4.89. The van der Waals surface area contributed by atoms with Gasteiger partial charge in [0.15, 0.2) is 5.82 Å². The highest BCUT2D eigenvalue weighted by Crippen LogP contribution is 2.40. The van der Waals surface area contributed by atoms with E-state index in [0.717, 1.165) is 18.6 Å². The molecular formula is C7H7N2O3-. The molecule has 1 N–H and O–H groups in total. The Morgan fingerprint density at radius 3 is 3.08 bits per heavy atom. The summed E-state index contributed by atoms with van der Waals surface area (Å²) in [6.07, 6.45) is 0.825. The number of carboxylic acid groups (broad SMARTS) is 1. The van der Waals surface area contributed by atoms with E-state index in [0.29, 0.717) is 5.92 Å². The number of anilines is 1. The van der Waals surface area contributed by atoms with Crippen LogP contribution in [0.15, 0.2) is 10.6 Å². The summed E-state index contributed by atoms with van der Waals surface area (Å²) >= 11 is 0. The number of amides is 1. The Bertz CT molecular complexity index is 303. The van der Waals surface area contributed by atoms with E-state index in [4.69, 9.17) is 4.52 Å². The maximum absolute atomic E-state index is 10.1. The molecule has 1 saturated carbocycles. The zero-order valence-corrected chi connectivity index (χ0v) is 6.24. The minimum atomic E-state index is -1.37. The quantitative estimate of drug-likeness (QED) is 0.687. The standard InChI is InChI=1S/C7H8N2O3/c10-7(11)8-6-3-5(12-9-6)4-1-2-4/h3-4H,1-2H2,(H,8,9)(H,10,11)/p-1. The molecule has 1 amide bonds. The van der Waals surface area contributed by atoms with Gasteiger partial charge >= 0.3 is 0 Å². The van der Waals surface area contributed by atoms with Crippen LogP contribution in [-0.4, -0.2) is 11.2 Å². The molecule has 5 heteroatoms. The lowest BCUT2D eigenvalue weighted by atomic mass is 10.3. The molecule has 1 aliphatic rings. The molecule has 64 valence electrons. The first-order valence-electron chi connectivity index (χ1n) is 3.70. The highest BCUT2D eigenvalue weighted by atomic mass is 16.5. The van der Waals surface area contributed by atoms with Gasteiger partial charge in [-0.05, 0) is 12.8 Å². The van der Waals surface area contributed by atoms with Gasteiger partial charge in [0.05, 0.1) is 0 Å². The Labute approximate surface area is 68.4 Å². The maximum atomic E-state index is 10.1. The summed E-state index contributed by atoms with van der Waals surface area (Å²) in [4.78, 5) is 10.1. The Morgan fingerprint density at radius 1 is 1.75 bits per heavy atom. The van der Waals surface area contributed by atoms with Crippen molar-refractivity contribution in [2.24, 2.45) is 0 Å². The fraction of sp³-hybridized carbons (Fsp3) is 0.429. The molecule has 1 aromatic heterocycles. The number of carbonyl (C=O) groups excluding carboxylic acids is 1. The van der Waals surface area contributed by atoms with Crippen molar-refractivity contribution >= 4 is 11.9 Å². The van der Waals surface area contributed by atoms with Gasteiger partial charge in [-0.3, -0.25) is 0 Å². The second-order valence-electron chi connectivity index (χ2n) is 2.80. The van der Waals surface area contributed by atoms with Crippen molar-refractivity contribution in [1.82, 2.24) is 5.16 Å². The van der Waals surface area contributed by atoms with Crippen molar-refractivity contribution in [3.8, 4) is 0 Å². The van der Waals surface area contributed by atoms with E-state index in [2.05, 4.69) is 5.16 Å². The molecule has 0 spiro atoms. The van der Waals surface area contributed by atoms with Gasteiger partial charge in [-0.1, -0.05) is 5.16 Å². The third-order valence-corrected chi connectivity index (χ3v) is 1.74. The zero-order valence-electron chi connectivity index (χ0n) is 6.24. The Balaban J connectivity index is 2.07. The van der Waals surface area contributed by atoms with Gasteiger partial charge < -0.3 is 19.7 Å². The van der Waals surface area contributed by atoms with Crippen LogP contribution in [0.4, 0.5) is 10.6 Å². The molecule has 0 aromatic carbocycles. The van der Waals surface area contributed by atoms with Gasteiger partial charge in [0.2, 0.25) is 0 Å². The molecule has 0 unspecified atom stereocenters. The average molecular weight is 167 g/mol. The maximum Gasteiger partial charge on any atom is 0.174 e. The minimum Gasteiger partial charge on any atom is -0.530 e. The smallest absolute Gasteiger partial charge is 0.174 e. The van der Waals surface area contributed by atoms with Crippen LogP contribution in [0.1, 0.15) is 24.5 Å². The van der Waals surface area contributed by atoms with Gasteiger partial charge in [0.1, 0.15) is 11.9 Å². The summed E-state index contributed by atoms with van der Waals surface area (Å²) in [5, 5.41) is 15.6. The summed E-state index contributed by atoms with van der Waals surface area (Å²) in [6, 6.07) is 1.59. The van der Waals surface area contributed by atoms with Gasteiger partial charge in [-0.25, -0.2) is 0 Å². The first-order valence-corrected chi connectivity index (χ1v) is 3.70. The van der Waals surface area contributed by atoms with E-state index in [1.165, 1.54) is 0 Å². The number of rotatable bonds is 2. The SMILES string of the molecule is O=C([O-])Nc1cc(C2CC2)on1. The number of hydrogen-bond acceptors (Lipinski definition) is 4. The molecule has 1 fully saturated rings. The van der Waals surface area contributed by atoms with Crippen molar-refractivity contribution < 1.29 is 14.4 Å². The van der Waals surface area contributed by atoms with Gasteiger partial charge in [0.25, 0.3) is 0 Å². The lowest BCUT2D eigenvalue weighted by Gasteiger charge is -1.98. The van der Waals surface area contributed by atoms with Crippen LogP contribution in [0.5, 0.6) is 0 Å². The van der Waals surface area contributed by atoms with Crippen molar-refractivity contribution in [3.63, 3.8) is 0 Å². The van der Waals surface area contributed by atoms with Crippen LogP contribution in [-0.2, 0) is 0 Å². The fourth-order valence-corrected chi connectivity index (χ4v) is 1.01. The number of carbonyl (C=O) groups is 1. The van der Waals surface area contributed by atoms with Crippen molar-refractivity contribution in [2.45, 2.75) is 18.8 Å². The van der Waals surface area contributed by atoms with E-state index in [1.54, 1.807) is 6.07 Å². The first-order chi connectivity index (χ1) is 5.75. The predicted molar refractivity (Wildman–Crippen MR) is 37.5 cm³/mol. The molecule has 5 nitrogen and oxygen atoms in total. The lowest BCUT2D eigenvalue weighted by Crippen LogP contribution is -2.28. The van der Waals surface area contributed by atoms with E-state index in [9.17, 15) is 9.90 Å². The molecule has 0 radical (unpaired) electrons. The van der Waals surface area contributed by atoms with E-state index in [-0.39, 0.29) is 5.82 Å². The Kier molecular flexibility index (Phi) is 1.49. The van der Waals surface area contributed by atoms with Crippen LogP contribution in [0.3, 0.4) is 0 Å².